The molecule has 0 aliphatic carbocycles. The molecule has 0 atom stereocenters. The van der Waals surface area contributed by atoms with Gasteiger partial charge in [-0.15, -0.1) is 0 Å². The Morgan fingerprint density at radius 3 is 2.75 bits per heavy atom. The molecule has 0 aromatic heterocycles. The first-order valence-electron chi connectivity index (χ1n) is 2.67. The van der Waals surface area contributed by atoms with Crippen molar-refractivity contribution in [1.82, 2.24) is 5.01 Å². The minimum absolute atomic E-state index is 1.04. The van der Waals surface area contributed by atoms with Crippen LogP contribution < -0.4 is 0 Å². The summed E-state index contributed by atoms with van der Waals surface area (Å²) in [5.41, 5.74) is 0. The van der Waals surface area contributed by atoms with Gasteiger partial charge in [0.2, 0.25) is 0 Å². The third kappa shape index (κ3) is 3.40. The van der Waals surface area contributed by atoms with Crippen LogP contribution in [0.1, 0.15) is 13.3 Å². The van der Waals surface area contributed by atoms with Crippen LogP contribution in [-0.4, -0.2) is 18.8 Å². The van der Waals surface area contributed by atoms with Crippen molar-refractivity contribution in [2.45, 2.75) is 13.3 Å². The standard InChI is InChI=1S/C6H12N2/c1-4-5-6-8(3)7-2/h5-6H,2,4H2,1,3H3/b6-5+. The number of rotatable bonds is 3. The van der Waals surface area contributed by atoms with Crippen molar-refractivity contribution in [2.24, 2.45) is 5.10 Å². The molecule has 46 valence electrons. The summed E-state index contributed by atoms with van der Waals surface area (Å²) in [5.74, 6) is 0. The second-order valence-electron chi connectivity index (χ2n) is 1.51. The zero-order chi connectivity index (χ0) is 6.41. The van der Waals surface area contributed by atoms with E-state index in [4.69, 9.17) is 0 Å². The lowest BCUT2D eigenvalue weighted by Crippen LogP contribution is -1.97. The fraction of sp³-hybridized carbons (Fsp3) is 0.500. The predicted octanol–water partition coefficient (Wildman–Crippen LogP) is 1.46. The van der Waals surface area contributed by atoms with Gasteiger partial charge in [0.25, 0.3) is 0 Å². The maximum absolute atomic E-state index is 3.62. The van der Waals surface area contributed by atoms with Crippen molar-refractivity contribution in [3.05, 3.63) is 12.3 Å². The molecule has 0 bridgehead atoms. The second-order valence-corrected chi connectivity index (χ2v) is 1.51. The monoisotopic (exact) mass is 112 g/mol. The summed E-state index contributed by atoms with van der Waals surface area (Å²) in [7, 11) is 1.85. The van der Waals surface area contributed by atoms with E-state index in [0.29, 0.717) is 0 Å². The van der Waals surface area contributed by atoms with Gasteiger partial charge in [-0.1, -0.05) is 13.0 Å². The molecular formula is C6H12N2. The van der Waals surface area contributed by atoms with Crippen LogP contribution in [0.2, 0.25) is 0 Å². The van der Waals surface area contributed by atoms with Gasteiger partial charge in [-0.2, -0.15) is 5.10 Å². The quantitative estimate of drug-likeness (QED) is 0.398. The molecule has 0 aromatic carbocycles. The Bertz CT molecular complexity index is 86.5. The van der Waals surface area contributed by atoms with Crippen molar-refractivity contribution >= 4 is 6.72 Å². The summed E-state index contributed by atoms with van der Waals surface area (Å²) >= 11 is 0. The van der Waals surface area contributed by atoms with Crippen molar-refractivity contribution in [3.63, 3.8) is 0 Å². The summed E-state index contributed by atoms with van der Waals surface area (Å²) in [6, 6.07) is 0. The Morgan fingerprint density at radius 2 is 2.38 bits per heavy atom. The van der Waals surface area contributed by atoms with Gasteiger partial charge in [0.05, 0.1) is 0 Å². The molecule has 0 heterocycles. The first-order valence-corrected chi connectivity index (χ1v) is 2.67. The van der Waals surface area contributed by atoms with Crippen molar-refractivity contribution < 1.29 is 0 Å². The van der Waals surface area contributed by atoms with Gasteiger partial charge in [0.15, 0.2) is 0 Å². The number of allylic oxidation sites excluding steroid dienone is 1. The molecule has 0 rings (SSSR count). The van der Waals surface area contributed by atoms with Gasteiger partial charge in [-0.25, -0.2) is 0 Å². The minimum Gasteiger partial charge on any atom is -0.277 e. The molecule has 0 fully saturated rings. The molecule has 0 aliphatic rings. The highest BCUT2D eigenvalue weighted by Gasteiger charge is 1.74. The highest BCUT2D eigenvalue weighted by atomic mass is 15.4. The van der Waals surface area contributed by atoms with Gasteiger partial charge >= 0.3 is 0 Å². The van der Waals surface area contributed by atoms with Crippen LogP contribution in [0.15, 0.2) is 17.4 Å². The van der Waals surface area contributed by atoms with E-state index >= 15 is 0 Å². The lowest BCUT2D eigenvalue weighted by Gasteiger charge is -2.01. The Kier molecular flexibility index (Phi) is 3.94. The SMILES string of the molecule is C=NN(C)/C=C/CC. The Labute approximate surface area is 50.5 Å². The molecular weight excluding hydrogens is 100 g/mol. The third-order valence-electron chi connectivity index (χ3n) is 0.780. The van der Waals surface area contributed by atoms with Crippen LogP contribution >= 0.6 is 0 Å². The summed E-state index contributed by atoms with van der Waals surface area (Å²) in [5, 5.41) is 5.29. The van der Waals surface area contributed by atoms with E-state index in [1.165, 1.54) is 0 Å². The highest BCUT2D eigenvalue weighted by molar-refractivity contribution is 5.22. The molecule has 8 heavy (non-hydrogen) atoms. The Balaban J connectivity index is 3.35. The molecule has 0 aromatic rings. The first-order chi connectivity index (χ1) is 3.81. The number of hydrogen-bond donors (Lipinski definition) is 0. The molecule has 0 saturated carbocycles. The Hall–Kier alpha value is -0.790. The van der Waals surface area contributed by atoms with Crippen LogP contribution in [0.4, 0.5) is 0 Å². The first kappa shape index (κ1) is 7.21. The maximum Gasteiger partial charge on any atom is 0.0296 e. The molecule has 0 saturated heterocycles. The third-order valence-corrected chi connectivity index (χ3v) is 0.780. The van der Waals surface area contributed by atoms with Crippen LogP contribution in [0.3, 0.4) is 0 Å². The molecule has 0 spiro atoms. The lowest BCUT2D eigenvalue weighted by atomic mass is 10.5. The minimum atomic E-state index is 1.04. The normalized spacial score (nSPS) is 9.75. The molecule has 0 aliphatic heterocycles. The van der Waals surface area contributed by atoms with Gasteiger partial charge in [0, 0.05) is 20.0 Å². The number of hydrazone groups is 1. The van der Waals surface area contributed by atoms with Crippen LogP contribution in [0.25, 0.3) is 0 Å². The summed E-state index contributed by atoms with van der Waals surface area (Å²) in [6.07, 6.45) is 4.95. The average molecular weight is 112 g/mol. The van der Waals surface area contributed by atoms with Crippen LogP contribution in [0, 0.1) is 0 Å². The lowest BCUT2D eigenvalue weighted by molar-refractivity contribution is 0.493. The van der Waals surface area contributed by atoms with Crippen molar-refractivity contribution in [3.8, 4) is 0 Å². The largest absolute Gasteiger partial charge is 0.277 e. The summed E-state index contributed by atoms with van der Waals surface area (Å²) < 4.78 is 0. The van der Waals surface area contributed by atoms with E-state index in [1.54, 1.807) is 5.01 Å². The molecule has 0 radical (unpaired) electrons. The fourth-order valence-electron chi connectivity index (χ4n) is 0.305. The molecule has 0 unspecified atom stereocenters. The predicted molar refractivity (Wildman–Crippen MR) is 36.7 cm³/mol. The number of nitrogens with zero attached hydrogens (tertiary/aromatic N) is 2. The smallest absolute Gasteiger partial charge is 0.0296 e. The molecule has 2 heteroatoms. The van der Waals surface area contributed by atoms with Gasteiger partial charge in [-0.05, 0) is 6.42 Å². The Morgan fingerprint density at radius 1 is 1.75 bits per heavy atom. The van der Waals surface area contributed by atoms with Crippen LogP contribution in [0.5, 0.6) is 0 Å². The van der Waals surface area contributed by atoms with Gasteiger partial charge < -0.3 is 0 Å². The van der Waals surface area contributed by atoms with E-state index in [0.717, 1.165) is 6.42 Å². The zero-order valence-electron chi connectivity index (χ0n) is 5.46. The van der Waals surface area contributed by atoms with Gasteiger partial charge in [0.1, 0.15) is 0 Å². The molecule has 2 nitrogen and oxygen atoms in total. The van der Waals surface area contributed by atoms with Crippen molar-refractivity contribution in [2.75, 3.05) is 7.05 Å². The van der Waals surface area contributed by atoms with E-state index in [-0.39, 0.29) is 0 Å². The average Bonchev–Trinajstić information content (AvgIpc) is 1.83. The summed E-state index contributed by atoms with van der Waals surface area (Å²) in [4.78, 5) is 0. The second kappa shape index (κ2) is 4.37. The maximum atomic E-state index is 3.62. The molecule has 0 amide bonds. The van der Waals surface area contributed by atoms with Gasteiger partial charge in [-0.3, -0.25) is 5.01 Å². The molecule has 0 N–H and O–H groups in total. The van der Waals surface area contributed by atoms with Crippen LogP contribution in [-0.2, 0) is 0 Å². The summed E-state index contributed by atoms with van der Waals surface area (Å²) in [6.45, 7) is 5.42. The van der Waals surface area contributed by atoms with E-state index in [9.17, 15) is 0 Å². The van der Waals surface area contributed by atoms with E-state index < -0.39 is 0 Å². The fourth-order valence-corrected chi connectivity index (χ4v) is 0.305. The van der Waals surface area contributed by atoms with Crippen molar-refractivity contribution in [1.29, 1.82) is 0 Å². The zero-order valence-corrected chi connectivity index (χ0v) is 5.46. The highest BCUT2D eigenvalue weighted by Crippen LogP contribution is 1.84. The topological polar surface area (TPSA) is 15.6 Å². The van der Waals surface area contributed by atoms with E-state index in [1.807, 2.05) is 19.3 Å². The van der Waals surface area contributed by atoms with E-state index in [2.05, 4.69) is 18.7 Å². The number of hydrogen-bond acceptors (Lipinski definition) is 2.